The van der Waals surface area contributed by atoms with Crippen molar-refractivity contribution in [1.29, 1.82) is 0 Å². The zero-order chi connectivity index (χ0) is 19.6. The van der Waals surface area contributed by atoms with E-state index in [9.17, 15) is 4.79 Å². The van der Waals surface area contributed by atoms with Gasteiger partial charge in [-0.15, -0.1) is 0 Å². The quantitative estimate of drug-likeness (QED) is 0.817. The molecule has 1 aromatic rings. The molecule has 0 radical (unpaired) electrons. The van der Waals surface area contributed by atoms with Gasteiger partial charge in [0, 0.05) is 37.3 Å². The van der Waals surface area contributed by atoms with Crippen molar-refractivity contribution in [2.45, 2.75) is 50.9 Å². The number of fused-ring (bicyclic) bond motifs is 1. The first-order chi connectivity index (χ1) is 13.6. The van der Waals surface area contributed by atoms with E-state index in [1.54, 1.807) is 7.11 Å². The number of ether oxygens (including phenoxy) is 2. The number of aryl methyl sites for hydroxylation is 1. The van der Waals surface area contributed by atoms with E-state index in [1.807, 2.05) is 0 Å². The van der Waals surface area contributed by atoms with Crippen LogP contribution in [0.25, 0.3) is 0 Å². The van der Waals surface area contributed by atoms with Crippen molar-refractivity contribution in [1.82, 2.24) is 10.6 Å². The SMILES string of the molecule is COc1ccc(C)cc1C1(CNC(=O)[C@@]23CCCC[C@H]2CNC3)CCOCC1. The van der Waals surface area contributed by atoms with Crippen molar-refractivity contribution in [3.8, 4) is 5.75 Å². The van der Waals surface area contributed by atoms with Gasteiger partial charge >= 0.3 is 0 Å². The molecule has 2 atom stereocenters. The number of hydrogen-bond donors (Lipinski definition) is 2. The fraction of sp³-hybridized carbons (Fsp3) is 0.696. The number of hydrogen-bond acceptors (Lipinski definition) is 4. The van der Waals surface area contributed by atoms with Gasteiger partial charge in [0.05, 0.1) is 12.5 Å². The van der Waals surface area contributed by atoms with Crippen LogP contribution < -0.4 is 15.4 Å². The molecule has 4 rings (SSSR count). The maximum absolute atomic E-state index is 13.4. The summed E-state index contributed by atoms with van der Waals surface area (Å²) in [5.74, 6) is 1.65. The predicted octanol–water partition coefficient (Wildman–Crippen LogP) is 2.95. The minimum Gasteiger partial charge on any atom is -0.496 e. The summed E-state index contributed by atoms with van der Waals surface area (Å²) in [7, 11) is 1.73. The number of benzene rings is 1. The molecular weight excluding hydrogens is 352 g/mol. The Balaban J connectivity index is 1.58. The molecule has 3 aliphatic rings. The molecule has 1 aliphatic carbocycles. The standard InChI is InChI=1S/C23H34N2O3/c1-17-6-7-20(27-2)19(13-17)22(9-11-28-12-10-22)15-25-21(26)23-8-4-3-5-18(23)14-24-16-23/h6-7,13,18,24H,3-5,8-12,14-16H2,1-2H3,(H,25,26)/t18-,23+/m0/s1. The zero-order valence-electron chi connectivity index (χ0n) is 17.3. The zero-order valence-corrected chi connectivity index (χ0v) is 17.3. The minimum absolute atomic E-state index is 0.127. The Kier molecular flexibility index (Phi) is 5.66. The van der Waals surface area contributed by atoms with Gasteiger partial charge in [-0.1, -0.05) is 30.5 Å². The molecule has 2 heterocycles. The van der Waals surface area contributed by atoms with Crippen LogP contribution in [0.1, 0.15) is 49.7 Å². The van der Waals surface area contributed by atoms with Gasteiger partial charge in [-0.2, -0.15) is 0 Å². The van der Waals surface area contributed by atoms with E-state index in [0.717, 1.165) is 57.7 Å². The summed E-state index contributed by atoms with van der Waals surface area (Å²) in [5.41, 5.74) is 2.10. The second-order valence-electron chi connectivity index (χ2n) is 9.01. The first kappa shape index (κ1) is 19.7. The summed E-state index contributed by atoms with van der Waals surface area (Å²) in [4.78, 5) is 13.4. The highest BCUT2D eigenvalue weighted by Crippen LogP contribution is 2.45. The molecule has 5 nitrogen and oxygen atoms in total. The van der Waals surface area contributed by atoms with Crippen LogP contribution in [-0.4, -0.2) is 45.9 Å². The molecular formula is C23H34N2O3. The lowest BCUT2D eigenvalue weighted by Crippen LogP contribution is -2.52. The van der Waals surface area contributed by atoms with Crippen LogP contribution >= 0.6 is 0 Å². The number of carbonyl (C=O) groups is 1. The number of carbonyl (C=O) groups excluding carboxylic acids is 1. The average molecular weight is 387 g/mol. The van der Waals surface area contributed by atoms with Crippen molar-refractivity contribution in [3.63, 3.8) is 0 Å². The lowest BCUT2D eigenvalue weighted by Gasteiger charge is -2.41. The Hall–Kier alpha value is -1.59. The molecule has 0 bridgehead atoms. The summed E-state index contributed by atoms with van der Waals surface area (Å²) in [6, 6.07) is 6.37. The van der Waals surface area contributed by atoms with Crippen LogP contribution in [0.2, 0.25) is 0 Å². The summed E-state index contributed by atoms with van der Waals surface area (Å²) < 4.78 is 11.4. The van der Waals surface area contributed by atoms with Crippen LogP contribution in [-0.2, 0) is 14.9 Å². The third kappa shape index (κ3) is 3.43. The number of nitrogens with one attached hydrogen (secondary N) is 2. The van der Waals surface area contributed by atoms with Crippen molar-refractivity contribution in [3.05, 3.63) is 29.3 Å². The molecule has 1 aromatic carbocycles. The second-order valence-corrected chi connectivity index (χ2v) is 9.01. The molecule has 1 saturated carbocycles. The van der Waals surface area contributed by atoms with Crippen LogP contribution in [0.5, 0.6) is 5.75 Å². The summed E-state index contributed by atoms with van der Waals surface area (Å²) in [6.07, 6.45) is 6.41. The molecule has 3 fully saturated rings. The topological polar surface area (TPSA) is 59.6 Å². The highest BCUT2D eigenvalue weighted by Gasteiger charge is 2.50. The molecule has 0 unspecified atom stereocenters. The number of amides is 1. The van der Waals surface area contributed by atoms with Gasteiger partial charge in [0.15, 0.2) is 0 Å². The Morgan fingerprint density at radius 3 is 2.89 bits per heavy atom. The van der Waals surface area contributed by atoms with E-state index < -0.39 is 0 Å². The maximum atomic E-state index is 13.4. The first-order valence-electron chi connectivity index (χ1n) is 10.8. The molecule has 2 saturated heterocycles. The molecule has 0 spiro atoms. The third-order valence-corrected chi connectivity index (χ3v) is 7.45. The Bertz CT molecular complexity index is 714. The minimum atomic E-state index is -0.207. The van der Waals surface area contributed by atoms with Gasteiger partial charge in [0.2, 0.25) is 5.91 Å². The molecule has 28 heavy (non-hydrogen) atoms. The van der Waals surface area contributed by atoms with Crippen LogP contribution in [0, 0.1) is 18.3 Å². The van der Waals surface area contributed by atoms with E-state index in [4.69, 9.17) is 9.47 Å². The van der Waals surface area contributed by atoms with Crippen LogP contribution in [0.3, 0.4) is 0 Å². The molecule has 2 aliphatic heterocycles. The normalized spacial score (nSPS) is 29.1. The van der Waals surface area contributed by atoms with Crippen LogP contribution in [0.15, 0.2) is 18.2 Å². The maximum Gasteiger partial charge on any atom is 0.227 e. The first-order valence-corrected chi connectivity index (χ1v) is 10.8. The Labute approximate surface area is 168 Å². The van der Waals surface area contributed by atoms with Crippen LogP contribution in [0.4, 0.5) is 0 Å². The van der Waals surface area contributed by atoms with Crippen molar-refractivity contribution < 1.29 is 14.3 Å². The highest BCUT2D eigenvalue weighted by molar-refractivity contribution is 5.84. The Morgan fingerprint density at radius 2 is 2.11 bits per heavy atom. The van der Waals surface area contributed by atoms with Gasteiger partial charge in [-0.05, 0) is 51.1 Å². The van der Waals surface area contributed by atoms with E-state index >= 15 is 0 Å². The van der Waals surface area contributed by atoms with Gasteiger partial charge in [0.1, 0.15) is 5.75 Å². The summed E-state index contributed by atoms with van der Waals surface area (Å²) >= 11 is 0. The van der Waals surface area contributed by atoms with Crippen molar-refractivity contribution >= 4 is 5.91 Å². The van der Waals surface area contributed by atoms with Gasteiger partial charge in [0.25, 0.3) is 0 Å². The highest BCUT2D eigenvalue weighted by atomic mass is 16.5. The lowest BCUT2D eigenvalue weighted by molar-refractivity contribution is -0.134. The lowest BCUT2D eigenvalue weighted by atomic mass is 9.67. The van der Waals surface area contributed by atoms with Crippen molar-refractivity contribution in [2.75, 3.05) is 40.0 Å². The summed E-state index contributed by atoms with van der Waals surface area (Å²) in [5, 5.41) is 6.89. The van der Waals surface area contributed by atoms with E-state index in [2.05, 4.69) is 35.8 Å². The molecule has 154 valence electrons. The van der Waals surface area contributed by atoms with Gasteiger partial charge in [-0.25, -0.2) is 0 Å². The molecule has 1 amide bonds. The Morgan fingerprint density at radius 1 is 1.29 bits per heavy atom. The number of rotatable bonds is 5. The van der Waals surface area contributed by atoms with Gasteiger partial charge in [-0.3, -0.25) is 4.79 Å². The van der Waals surface area contributed by atoms with E-state index in [-0.39, 0.29) is 16.7 Å². The van der Waals surface area contributed by atoms with Gasteiger partial charge < -0.3 is 20.1 Å². The fourth-order valence-electron chi connectivity index (χ4n) is 5.66. The third-order valence-electron chi connectivity index (χ3n) is 7.45. The molecule has 5 heteroatoms. The average Bonchev–Trinajstić information content (AvgIpc) is 3.18. The van der Waals surface area contributed by atoms with Crippen molar-refractivity contribution in [2.24, 2.45) is 11.3 Å². The second kappa shape index (κ2) is 8.03. The fourth-order valence-corrected chi connectivity index (χ4v) is 5.66. The molecule has 0 aromatic heterocycles. The van der Waals surface area contributed by atoms with E-state index in [0.29, 0.717) is 12.5 Å². The predicted molar refractivity (Wildman–Crippen MR) is 110 cm³/mol. The molecule has 2 N–H and O–H groups in total. The van der Waals surface area contributed by atoms with E-state index in [1.165, 1.54) is 24.0 Å². The largest absolute Gasteiger partial charge is 0.496 e. The summed E-state index contributed by atoms with van der Waals surface area (Å²) in [6.45, 7) is 6.03. The number of methoxy groups -OCH3 is 1. The smallest absolute Gasteiger partial charge is 0.227 e. The monoisotopic (exact) mass is 386 g/mol.